The Morgan fingerprint density at radius 1 is 1.29 bits per heavy atom. The molecule has 0 saturated carbocycles. The summed E-state index contributed by atoms with van der Waals surface area (Å²) in [7, 11) is -5.24. The van der Waals surface area contributed by atoms with Crippen molar-refractivity contribution in [3.05, 3.63) is 0 Å². The minimum atomic E-state index is -5.24. The lowest BCUT2D eigenvalue weighted by atomic mass is 9.93. The molecule has 0 radical (unpaired) electrons. The third-order valence-electron chi connectivity index (χ3n) is 3.27. The predicted octanol–water partition coefficient (Wildman–Crippen LogP) is -3.29. The number of hydrogen-bond donors (Lipinski definition) is 7. The van der Waals surface area contributed by atoms with E-state index in [4.69, 9.17) is 19.6 Å². The zero-order valence-corrected chi connectivity index (χ0v) is 13.5. The number of amides is 1. The van der Waals surface area contributed by atoms with Crippen molar-refractivity contribution >= 4 is 19.5 Å². The van der Waals surface area contributed by atoms with Crippen molar-refractivity contribution in [2.45, 2.75) is 50.1 Å². The lowest BCUT2D eigenvalue weighted by Crippen LogP contribution is -2.73. The fourth-order valence-electron chi connectivity index (χ4n) is 2.04. The number of carbonyl (C=O) groups is 2. The highest BCUT2D eigenvalue weighted by Gasteiger charge is 2.58. The highest BCUT2D eigenvalue weighted by atomic mass is 31.2. The van der Waals surface area contributed by atoms with E-state index in [1.54, 1.807) is 0 Å². The molecule has 7 N–H and O–H groups in total. The second-order valence-corrected chi connectivity index (χ2v) is 6.49. The Balaban J connectivity index is 3.03. The number of hydrogen-bond acceptors (Lipinski definition) is 9. The van der Waals surface area contributed by atoms with E-state index in [0.29, 0.717) is 0 Å². The van der Waals surface area contributed by atoms with Gasteiger partial charge < -0.3 is 45.1 Å². The molecule has 1 aliphatic heterocycles. The third kappa shape index (κ3) is 5.28. The van der Waals surface area contributed by atoms with Crippen LogP contribution in [0.15, 0.2) is 0 Å². The molecule has 0 bridgehead atoms. The van der Waals surface area contributed by atoms with Crippen LogP contribution in [-0.4, -0.2) is 78.8 Å². The second kappa shape index (κ2) is 7.95. The molecule has 1 fully saturated rings. The van der Waals surface area contributed by atoms with Gasteiger partial charge in [0.25, 0.3) is 0 Å². The molecule has 0 aliphatic carbocycles. The Morgan fingerprint density at radius 3 is 2.33 bits per heavy atom. The minimum absolute atomic E-state index is 0.190. The molecule has 0 aromatic rings. The van der Waals surface area contributed by atoms with Crippen molar-refractivity contribution in [2.75, 3.05) is 6.61 Å². The molecule has 24 heavy (non-hydrogen) atoms. The zero-order chi connectivity index (χ0) is 18.7. The van der Waals surface area contributed by atoms with E-state index < -0.39 is 57.1 Å². The van der Waals surface area contributed by atoms with Gasteiger partial charge in [-0.1, -0.05) is 0 Å². The Labute approximate surface area is 136 Å². The van der Waals surface area contributed by atoms with Crippen molar-refractivity contribution in [3.8, 4) is 0 Å². The average Bonchev–Trinajstić information content (AvgIpc) is 2.45. The van der Waals surface area contributed by atoms with E-state index in [-0.39, 0.29) is 12.2 Å². The summed E-state index contributed by atoms with van der Waals surface area (Å²) in [6.07, 6.45) is -8.52. The number of rotatable bonds is 7. The normalized spacial score (nSPS) is 34.0. The van der Waals surface area contributed by atoms with Crippen LogP contribution < -0.4 is 5.32 Å². The fraction of sp³-hybridized carbons (Fsp3) is 0.818. The molecular weight excluding hydrogens is 353 g/mol. The maximum absolute atomic E-state index is 11.8. The maximum atomic E-state index is 11.8. The Morgan fingerprint density at radius 2 is 1.88 bits per heavy atom. The Hall–Kier alpha value is -0.950. The van der Waals surface area contributed by atoms with Crippen molar-refractivity contribution in [1.29, 1.82) is 0 Å². The number of nitrogens with one attached hydrogen (secondary N) is 1. The van der Waals surface area contributed by atoms with Gasteiger partial charge in [-0.2, -0.15) is 0 Å². The molecule has 13 heteroatoms. The summed E-state index contributed by atoms with van der Waals surface area (Å²) in [6.45, 7) is 0.351. The minimum Gasteiger partial charge on any atom is -0.394 e. The molecule has 1 saturated heterocycles. The van der Waals surface area contributed by atoms with Crippen LogP contribution in [0.25, 0.3) is 0 Å². The van der Waals surface area contributed by atoms with Gasteiger partial charge in [0.2, 0.25) is 17.9 Å². The molecular formula is C11H20NO11P. The van der Waals surface area contributed by atoms with Gasteiger partial charge in [0, 0.05) is 12.8 Å². The van der Waals surface area contributed by atoms with Crippen LogP contribution in [0.1, 0.15) is 19.8 Å². The van der Waals surface area contributed by atoms with Gasteiger partial charge in [-0.3, -0.25) is 9.32 Å². The van der Waals surface area contributed by atoms with Crippen molar-refractivity contribution in [2.24, 2.45) is 0 Å². The number of ether oxygens (including phenoxy) is 1. The smallest absolute Gasteiger partial charge is 0.394 e. The summed E-state index contributed by atoms with van der Waals surface area (Å²) < 4.78 is 20.0. The summed E-state index contributed by atoms with van der Waals surface area (Å²) >= 11 is 0. The highest BCUT2D eigenvalue weighted by molar-refractivity contribution is 7.46. The van der Waals surface area contributed by atoms with Crippen LogP contribution in [0.2, 0.25) is 0 Å². The first-order chi connectivity index (χ1) is 10.9. The molecule has 1 aliphatic rings. The predicted molar refractivity (Wildman–Crippen MR) is 73.9 cm³/mol. The number of ketones is 1. The molecule has 1 rings (SSSR count). The zero-order valence-electron chi connectivity index (χ0n) is 12.6. The standard InChI is InChI=1S/C11H20NO11P/c1-5(14)2-3-7(15)12-11(18)9(17)8(16)6(4-13)22-10(11)23-24(19,20)21/h6,8-10,13,16-18H,2-4H2,1H3,(H,12,15)(H2,19,20,21)/t6-,8-,9+,10+,11-/m1/s1. The molecule has 0 aromatic carbocycles. The van der Waals surface area contributed by atoms with E-state index in [2.05, 4.69) is 4.52 Å². The molecule has 12 nitrogen and oxygen atoms in total. The van der Waals surface area contributed by atoms with Gasteiger partial charge in [-0.05, 0) is 6.92 Å². The summed E-state index contributed by atoms with van der Waals surface area (Å²) in [5.41, 5.74) is -2.93. The topological polar surface area (TPSA) is 203 Å². The van der Waals surface area contributed by atoms with Crippen LogP contribution >= 0.6 is 7.82 Å². The van der Waals surface area contributed by atoms with E-state index >= 15 is 0 Å². The lowest BCUT2D eigenvalue weighted by Gasteiger charge is -2.47. The quantitative estimate of drug-likeness (QED) is 0.174. The van der Waals surface area contributed by atoms with E-state index in [1.807, 2.05) is 5.32 Å². The van der Waals surface area contributed by atoms with E-state index in [9.17, 15) is 29.5 Å². The molecule has 5 atom stereocenters. The first-order valence-corrected chi connectivity index (χ1v) is 8.33. The first kappa shape index (κ1) is 21.1. The van der Waals surface area contributed by atoms with Gasteiger partial charge >= 0.3 is 7.82 Å². The van der Waals surface area contributed by atoms with Crippen molar-refractivity contribution in [1.82, 2.24) is 5.32 Å². The molecule has 0 aromatic heterocycles. The van der Waals surface area contributed by atoms with Crippen molar-refractivity contribution < 1.29 is 53.6 Å². The average molecular weight is 373 g/mol. The van der Waals surface area contributed by atoms with Gasteiger partial charge in [0.1, 0.15) is 24.1 Å². The number of carbonyl (C=O) groups excluding carboxylic acids is 2. The van der Waals surface area contributed by atoms with Crippen LogP contribution in [0, 0.1) is 0 Å². The molecule has 140 valence electrons. The largest absolute Gasteiger partial charge is 0.472 e. The van der Waals surface area contributed by atoms with E-state index in [0.717, 1.165) is 0 Å². The maximum Gasteiger partial charge on any atom is 0.472 e. The van der Waals surface area contributed by atoms with Crippen molar-refractivity contribution in [3.63, 3.8) is 0 Å². The first-order valence-electron chi connectivity index (χ1n) is 6.80. The monoisotopic (exact) mass is 373 g/mol. The number of aliphatic hydroxyl groups is 4. The lowest BCUT2D eigenvalue weighted by molar-refractivity contribution is -0.330. The van der Waals surface area contributed by atoms with Crippen LogP contribution in [-0.2, 0) is 23.4 Å². The van der Waals surface area contributed by atoms with Crippen LogP contribution in [0.3, 0.4) is 0 Å². The van der Waals surface area contributed by atoms with Gasteiger partial charge in [0.15, 0.2) is 0 Å². The molecule has 1 heterocycles. The molecule has 0 spiro atoms. The summed E-state index contributed by atoms with van der Waals surface area (Å²) in [5.74, 6) is -1.30. The number of Topliss-reactive ketones (excluding diaryl/α,β-unsaturated/α-hetero) is 1. The van der Waals surface area contributed by atoms with E-state index in [1.165, 1.54) is 6.92 Å². The number of aliphatic hydroxyl groups excluding tert-OH is 3. The summed E-state index contributed by atoms with van der Waals surface area (Å²) in [6, 6.07) is 0. The SMILES string of the molecule is CC(=O)CCC(=O)N[C@]1(O)[C@H](OP(=O)(O)O)O[C@H](CO)[C@@H](O)[C@@H]1O. The highest BCUT2D eigenvalue weighted by Crippen LogP contribution is 2.42. The second-order valence-electron chi connectivity index (χ2n) is 5.30. The third-order valence-corrected chi connectivity index (χ3v) is 3.74. The van der Waals surface area contributed by atoms with Crippen LogP contribution in [0.5, 0.6) is 0 Å². The van der Waals surface area contributed by atoms with Crippen LogP contribution in [0.4, 0.5) is 0 Å². The van der Waals surface area contributed by atoms with Gasteiger partial charge in [-0.15, -0.1) is 0 Å². The molecule has 0 unspecified atom stereocenters. The Kier molecular flexibility index (Phi) is 6.99. The number of phosphoric acid groups is 1. The van der Waals surface area contributed by atoms with Gasteiger partial charge in [0.05, 0.1) is 6.61 Å². The fourth-order valence-corrected chi connectivity index (χ4v) is 2.50. The molecule has 1 amide bonds. The summed E-state index contributed by atoms with van der Waals surface area (Å²) in [5, 5.41) is 41.0. The Bertz CT molecular complexity index is 522. The number of phosphoric ester groups is 1. The van der Waals surface area contributed by atoms with Gasteiger partial charge in [-0.25, -0.2) is 4.57 Å². The summed E-state index contributed by atoms with van der Waals surface area (Å²) in [4.78, 5) is 40.3.